The molecule has 0 heterocycles. The smallest absolute Gasteiger partial charge is 0.245 e. The van der Waals surface area contributed by atoms with Crippen LogP contribution in [0.4, 0.5) is 0 Å². The van der Waals surface area contributed by atoms with E-state index in [1.165, 1.54) is 40.4 Å². The average molecular weight is 592 g/mol. The van der Waals surface area contributed by atoms with Gasteiger partial charge in [-0.25, -0.2) is 0 Å². The van der Waals surface area contributed by atoms with Gasteiger partial charge in [-0.05, 0) is 79.2 Å². The molecule has 0 aliphatic rings. The average Bonchev–Trinajstić information content (AvgIpc) is 2.89. The third-order valence-corrected chi connectivity index (χ3v) is 13.8. The quantitative estimate of drug-likeness (QED) is 0.172. The van der Waals surface area contributed by atoms with Gasteiger partial charge in [-0.15, -0.1) is 0 Å². The normalized spacial score (nSPS) is 12.4. The highest BCUT2D eigenvalue weighted by Gasteiger charge is 2.45. The first-order valence-electron chi connectivity index (χ1n) is 13.3. The van der Waals surface area contributed by atoms with Crippen LogP contribution in [0.5, 0.6) is 5.75 Å². The standard InChI is InChI=1S/C33H40OPSi.BrH/c1-5-15-28(2)27-36(3,4)34-30-24-22-29(23-25-30)26-35(31-16-9-6-10-17-31,32-18-11-7-12-19-32)33-20-13-8-14-21-33;/h6-14,16-25,28H,5,15,26-27H2,1-4H3;1H/q+1;/p-1. The van der Waals surface area contributed by atoms with E-state index in [4.69, 9.17) is 4.43 Å². The van der Waals surface area contributed by atoms with Crippen molar-refractivity contribution >= 4 is 31.5 Å². The number of halogens is 1. The van der Waals surface area contributed by atoms with Crippen LogP contribution in [-0.2, 0) is 6.16 Å². The number of benzene rings is 4. The van der Waals surface area contributed by atoms with Crippen LogP contribution in [0.3, 0.4) is 0 Å². The summed E-state index contributed by atoms with van der Waals surface area (Å²) in [6.45, 7) is 9.34. The summed E-state index contributed by atoms with van der Waals surface area (Å²) in [6.07, 6.45) is 3.51. The van der Waals surface area contributed by atoms with Gasteiger partial charge in [-0.2, -0.15) is 0 Å². The minimum Gasteiger partial charge on any atom is -1.00 e. The van der Waals surface area contributed by atoms with E-state index in [9.17, 15) is 0 Å². The molecule has 0 N–H and O–H groups in total. The van der Waals surface area contributed by atoms with Gasteiger partial charge >= 0.3 is 0 Å². The first-order chi connectivity index (χ1) is 17.4. The fourth-order valence-electron chi connectivity index (χ4n) is 5.50. The molecule has 0 aliphatic heterocycles. The second-order valence-electron chi connectivity index (χ2n) is 10.6. The molecular formula is C33H40BrOPSi. The van der Waals surface area contributed by atoms with E-state index in [1.54, 1.807) is 0 Å². The van der Waals surface area contributed by atoms with Gasteiger partial charge in [0.1, 0.15) is 28.9 Å². The fourth-order valence-corrected chi connectivity index (χ4v) is 12.5. The zero-order valence-corrected chi connectivity index (χ0v) is 26.1. The van der Waals surface area contributed by atoms with Crippen molar-refractivity contribution in [1.29, 1.82) is 0 Å². The molecule has 0 aromatic heterocycles. The summed E-state index contributed by atoms with van der Waals surface area (Å²) >= 11 is 0. The van der Waals surface area contributed by atoms with E-state index in [-0.39, 0.29) is 17.0 Å². The topological polar surface area (TPSA) is 9.23 Å². The van der Waals surface area contributed by atoms with Gasteiger partial charge in [0, 0.05) is 0 Å². The van der Waals surface area contributed by atoms with Crippen LogP contribution >= 0.6 is 7.26 Å². The van der Waals surface area contributed by atoms with Crippen LogP contribution in [0.1, 0.15) is 32.3 Å². The zero-order chi connectivity index (χ0) is 25.4. The monoisotopic (exact) mass is 590 g/mol. The third-order valence-electron chi connectivity index (χ3n) is 6.95. The Bertz CT molecular complexity index is 1100. The maximum Gasteiger partial charge on any atom is 0.245 e. The highest BCUT2D eigenvalue weighted by molar-refractivity contribution is 7.95. The molecule has 1 atom stereocenters. The molecule has 0 fully saturated rings. The summed E-state index contributed by atoms with van der Waals surface area (Å²) in [5.41, 5.74) is 1.35. The highest BCUT2D eigenvalue weighted by Crippen LogP contribution is 2.58. The van der Waals surface area contributed by atoms with Crippen molar-refractivity contribution in [2.45, 2.75) is 52.0 Å². The van der Waals surface area contributed by atoms with Crippen molar-refractivity contribution in [3.8, 4) is 5.75 Å². The lowest BCUT2D eigenvalue weighted by atomic mass is 10.1. The summed E-state index contributed by atoms with van der Waals surface area (Å²) in [7, 11) is -3.65. The van der Waals surface area contributed by atoms with Crippen molar-refractivity contribution < 1.29 is 21.4 Å². The van der Waals surface area contributed by atoms with Crippen LogP contribution in [0.15, 0.2) is 115 Å². The molecule has 4 aromatic rings. The van der Waals surface area contributed by atoms with Crippen molar-refractivity contribution in [2.24, 2.45) is 5.92 Å². The lowest BCUT2D eigenvalue weighted by Crippen LogP contribution is -3.00. The second kappa shape index (κ2) is 13.6. The Morgan fingerprint density at radius 3 is 1.51 bits per heavy atom. The number of rotatable bonds is 11. The minimum atomic E-state index is -1.89. The fraction of sp³-hybridized carbons (Fsp3) is 0.273. The predicted molar refractivity (Wildman–Crippen MR) is 162 cm³/mol. The molecule has 37 heavy (non-hydrogen) atoms. The van der Waals surface area contributed by atoms with Crippen LogP contribution in [-0.4, -0.2) is 8.32 Å². The lowest BCUT2D eigenvalue weighted by Gasteiger charge is -2.28. The van der Waals surface area contributed by atoms with E-state index >= 15 is 0 Å². The van der Waals surface area contributed by atoms with Crippen LogP contribution in [0.25, 0.3) is 0 Å². The van der Waals surface area contributed by atoms with Crippen LogP contribution in [0, 0.1) is 5.92 Å². The third kappa shape index (κ3) is 7.44. The van der Waals surface area contributed by atoms with Crippen LogP contribution < -0.4 is 37.3 Å². The Morgan fingerprint density at radius 1 is 0.676 bits per heavy atom. The van der Waals surface area contributed by atoms with E-state index in [0.717, 1.165) is 17.8 Å². The Kier molecular flexibility index (Phi) is 10.8. The molecule has 4 aromatic carbocycles. The van der Waals surface area contributed by atoms with Crippen molar-refractivity contribution in [3.05, 3.63) is 121 Å². The molecule has 0 saturated carbocycles. The van der Waals surface area contributed by atoms with Crippen molar-refractivity contribution in [1.82, 2.24) is 0 Å². The lowest BCUT2D eigenvalue weighted by molar-refractivity contribution is -0.00000842. The van der Waals surface area contributed by atoms with Gasteiger partial charge in [-0.1, -0.05) is 93.4 Å². The Labute approximate surface area is 236 Å². The second-order valence-corrected chi connectivity index (χ2v) is 18.2. The molecule has 0 saturated heterocycles. The molecule has 4 heteroatoms. The first kappa shape index (κ1) is 29.4. The largest absolute Gasteiger partial charge is 1.00 e. The SMILES string of the molecule is CCCC(C)C[Si](C)(C)Oc1ccc(C[P+](c2ccccc2)(c2ccccc2)c2ccccc2)cc1.[Br-]. The number of hydrogen-bond acceptors (Lipinski definition) is 1. The minimum absolute atomic E-state index is 0. The molecule has 4 rings (SSSR count). The van der Waals surface area contributed by atoms with Crippen LogP contribution in [0.2, 0.25) is 19.1 Å². The molecule has 194 valence electrons. The molecule has 0 spiro atoms. The highest BCUT2D eigenvalue weighted by atomic mass is 79.9. The van der Waals surface area contributed by atoms with E-state index < -0.39 is 15.6 Å². The molecular weight excluding hydrogens is 551 g/mol. The van der Waals surface area contributed by atoms with Gasteiger partial charge in [0.05, 0.1) is 6.16 Å². The summed E-state index contributed by atoms with van der Waals surface area (Å²) in [4.78, 5) is 0. The molecule has 0 bridgehead atoms. The summed E-state index contributed by atoms with van der Waals surface area (Å²) in [5.74, 6) is 1.74. The molecule has 1 nitrogen and oxygen atoms in total. The molecule has 1 unspecified atom stereocenters. The van der Waals surface area contributed by atoms with Gasteiger partial charge in [0.2, 0.25) is 8.32 Å². The first-order valence-corrected chi connectivity index (χ1v) is 18.3. The predicted octanol–water partition coefficient (Wildman–Crippen LogP) is 5.20. The van der Waals surface area contributed by atoms with Crippen molar-refractivity contribution in [2.75, 3.05) is 0 Å². The molecule has 0 aliphatic carbocycles. The van der Waals surface area contributed by atoms with Gasteiger partial charge in [0.25, 0.3) is 0 Å². The molecule has 0 amide bonds. The Balaban J connectivity index is 0.00000380. The maximum absolute atomic E-state index is 6.61. The van der Waals surface area contributed by atoms with E-state index in [1.807, 2.05) is 0 Å². The zero-order valence-electron chi connectivity index (χ0n) is 22.6. The number of hydrogen-bond donors (Lipinski definition) is 0. The van der Waals surface area contributed by atoms with E-state index in [0.29, 0.717) is 0 Å². The molecule has 0 radical (unpaired) electrons. The van der Waals surface area contributed by atoms with E-state index in [2.05, 4.69) is 142 Å². The Morgan fingerprint density at radius 2 is 1.11 bits per heavy atom. The Hall–Kier alpha value is -2.19. The summed E-state index contributed by atoms with van der Waals surface area (Å²) in [5, 5.41) is 4.25. The van der Waals surface area contributed by atoms with Crippen molar-refractivity contribution in [3.63, 3.8) is 0 Å². The van der Waals surface area contributed by atoms with Gasteiger partial charge < -0.3 is 21.4 Å². The van der Waals surface area contributed by atoms with Gasteiger partial charge in [0.15, 0.2) is 0 Å². The maximum atomic E-state index is 6.61. The summed E-state index contributed by atoms with van der Waals surface area (Å²) in [6, 6.07) is 43.5. The van der Waals surface area contributed by atoms with Gasteiger partial charge in [-0.3, -0.25) is 0 Å². The summed E-state index contributed by atoms with van der Waals surface area (Å²) < 4.78 is 6.61.